The highest BCUT2D eigenvalue weighted by Gasteiger charge is 2.33. The third-order valence-electron chi connectivity index (χ3n) is 18.3. The number of fused-ring (bicyclic) bond motifs is 20. The fourth-order valence-corrected chi connectivity index (χ4v) is 13.0. The molecule has 0 spiro atoms. The fourth-order valence-electron chi connectivity index (χ4n) is 13.0. The van der Waals surface area contributed by atoms with Crippen molar-refractivity contribution in [3.05, 3.63) is 294 Å². The van der Waals surface area contributed by atoms with Crippen LogP contribution in [-0.2, 0) is 0 Å². The molecule has 0 saturated heterocycles. The number of nitrogens with one attached hydrogen (secondary N) is 9. The van der Waals surface area contributed by atoms with E-state index < -0.39 is 52.2 Å². The number of aromatic amines is 1. The van der Waals surface area contributed by atoms with Crippen LogP contribution < -0.4 is 42.6 Å². The van der Waals surface area contributed by atoms with E-state index in [1.807, 2.05) is 172 Å². The summed E-state index contributed by atoms with van der Waals surface area (Å²) in [5.41, 5.74) is 11.4. The summed E-state index contributed by atoms with van der Waals surface area (Å²) in [6.07, 6.45) is 0. The second-order valence-electron chi connectivity index (χ2n) is 25.6. The molecule has 524 valence electrons. The standard InChI is InChI=1S/C83H56F8N16/c1-42-17-28-49(29-18-42)94-73-65-66(72(92-48-11-5-4-6-12-48)74(96-52-36-25-46(85)26-37-52)75(73)95-50-30-19-43(2)20-31-50)81-102-79-64-58(40-63(97-62-41-60(88)67(89)69(91)68(62)90)70(98-61-38-27-47(86)39-59(61)87)71(64)93-51-34-23-45(84)24-35-51)78(101-79)105-83-57-16-10-9-15-56(57)82(107(83)106-53-32-21-44(3)22-33-53)104-77-55-14-8-7-13-54(55)76(99-77)100-80(65)103-81/h4-41,92-98,106H,1-3H3,(H,99,100,101,102,103,104,105). The first-order valence-corrected chi connectivity index (χ1v) is 33.7. The van der Waals surface area contributed by atoms with Crippen LogP contribution in [0.3, 0.4) is 0 Å². The van der Waals surface area contributed by atoms with Crippen molar-refractivity contribution in [2.24, 2.45) is 0 Å². The molecule has 24 heteroatoms. The van der Waals surface area contributed by atoms with E-state index in [9.17, 15) is 0 Å². The number of nitrogens with zero attached hydrogens (tertiary/aromatic N) is 7. The van der Waals surface area contributed by atoms with Crippen LogP contribution in [0.15, 0.2) is 231 Å². The molecular formula is C83H56F8N16. The van der Waals surface area contributed by atoms with Gasteiger partial charge >= 0.3 is 0 Å². The van der Waals surface area contributed by atoms with Crippen molar-refractivity contribution in [3.63, 3.8) is 0 Å². The second-order valence-corrected chi connectivity index (χ2v) is 25.6. The topological polar surface area (TPSA) is 194 Å². The molecule has 0 atom stereocenters. The van der Waals surface area contributed by atoms with Crippen LogP contribution in [0, 0.1) is 67.3 Å². The Kier molecular flexibility index (Phi) is 16.6. The zero-order valence-corrected chi connectivity index (χ0v) is 56.6. The molecule has 5 heterocycles. The number of anilines is 15. The number of para-hydroxylation sites is 1. The lowest BCUT2D eigenvalue weighted by molar-refractivity contribution is 0.411. The summed E-state index contributed by atoms with van der Waals surface area (Å²) in [5.74, 6) is -10.8. The molecule has 16 nitrogen and oxygen atoms in total. The molecule has 2 aliphatic rings. The minimum atomic E-state index is -2.15. The maximum Gasteiger partial charge on any atom is 0.199 e. The Hall–Kier alpha value is -14.2. The van der Waals surface area contributed by atoms with Gasteiger partial charge in [-0.3, -0.25) is 5.43 Å². The molecule has 2 aliphatic heterocycles. The Balaban J connectivity index is 1.10. The van der Waals surface area contributed by atoms with E-state index in [1.54, 1.807) is 16.8 Å². The van der Waals surface area contributed by atoms with Gasteiger partial charge in [0.05, 0.1) is 73.2 Å². The van der Waals surface area contributed by atoms with Crippen LogP contribution in [0.25, 0.3) is 89.7 Å². The van der Waals surface area contributed by atoms with Gasteiger partial charge in [-0.2, -0.15) is 0 Å². The number of aryl methyl sites for hydroxylation is 3. The predicted molar refractivity (Wildman–Crippen MR) is 407 cm³/mol. The number of hydrogen-bond donors (Lipinski definition) is 9. The summed E-state index contributed by atoms with van der Waals surface area (Å²) < 4.78 is 126. The lowest BCUT2D eigenvalue weighted by atomic mass is 10.0. The molecule has 17 rings (SSSR count). The summed E-state index contributed by atoms with van der Waals surface area (Å²) in [7, 11) is 0. The highest BCUT2D eigenvalue weighted by Crippen LogP contribution is 2.54. The number of rotatable bonds is 16. The first-order valence-electron chi connectivity index (χ1n) is 33.7. The summed E-state index contributed by atoms with van der Waals surface area (Å²) in [6, 6.07) is 63.0. The largest absolute Gasteiger partial charge is 0.353 e. The number of benzene rings is 12. The average Bonchev–Trinajstić information content (AvgIpc) is 1.54. The maximum atomic E-state index is 16.6. The molecule has 0 fully saturated rings. The number of H-pyrrole nitrogens is 1. The molecule has 0 unspecified atom stereocenters. The van der Waals surface area contributed by atoms with Crippen LogP contribution in [-0.4, -0.2) is 39.6 Å². The molecule has 0 amide bonds. The van der Waals surface area contributed by atoms with E-state index in [1.165, 1.54) is 42.5 Å². The van der Waals surface area contributed by atoms with Crippen molar-refractivity contribution in [1.29, 1.82) is 0 Å². The zero-order chi connectivity index (χ0) is 73.3. The monoisotopic (exact) mass is 1430 g/mol. The third-order valence-corrected chi connectivity index (χ3v) is 18.3. The van der Waals surface area contributed by atoms with Gasteiger partial charge in [0, 0.05) is 68.0 Å². The summed E-state index contributed by atoms with van der Waals surface area (Å²) >= 11 is 0. The Morgan fingerprint density at radius 3 is 1.28 bits per heavy atom. The minimum Gasteiger partial charge on any atom is -0.353 e. The lowest BCUT2D eigenvalue weighted by Gasteiger charge is -2.25. The Labute approximate surface area is 604 Å². The molecule has 3 aromatic heterocycles. The van der Waals surface area contributed by atoms with Crippen LogP contribution in [0.4, 0.5) is 120 Å². The van der Waals surface area contributed by atoms with Gasteiger partial charge in [0.15, 0.2) is 57.9 Å². The van der Waals surface area contributed by atoms with Gasteiger partial charge in [-0.1, -0.05) is 120 Å². The Bertz CT molecular complexity index is 6260. The van der Waals surface area contributed by atoms with E-state index >= 15 is 35.1 Å². The van der Waals surface area contributed by atoms with E-state index in [-0.39, 0.29) is 79.8 Å². The van der Waals surface area contributed by atoms with Crippen molar-refractivity contribution in [2.45, 2.75) is 20.8 Å². The summed E-state index contributed by atoms with van der Waals surface area (Å²) in [6.45, 7) is 5.91. The smallest absolute Gasteiger partial charge is 0.199 e. The molecule has 9 N–H and O–H groups in total. The van der Waals surface area contributed by atoms with Gasteiger partial charge in [0.25, 0.3) is 0 Å². The van der Waals surface area contributed by atoms with Crippen molar-refractivity contribution < 1.29 is 35.1 Å². The molecule has 15 aromatic rings. The Morgan fingerprint density at radius 2 is 0.738 bits per heavy atom. The molecule has 107 heavy (non-hydrogen) atoms. The number of hydrogen-bond acceptors (Lipinski definition) is 14. The van der Waals surface area contributed by atoms with Crippen LogP contribution in [0.1, 0.15) is 16.7 Å². The van der Waals surface area contributed by atoms with Gasteiger partial charge < -0.3 is 42.2 Å². The van der Waals surface area contributed by atoms with E-state index in [2.05, 4.69) is 47.6 Å². The van der Waals surface area contributed by atoms with Crippen LogP contribution in [0.5, 0.6) is 0 Å². The zero-order valence-electron chi connectivity index (χ0n) is 56.6. The molecule has 0 saturated carbocycles. The van der Waals surface area contributed by atoms with Gasteiger partial charge in [-0.05, 0) is 136 Å². The normalized spacial score (nSPS) is 11.5. The van der Waals surface area contributed by atoms with Gasteiger partial charge in [0.2, 0.25) is 0 Å². The quantitative estimate of drug-likeness (QED) is 0.0252. The van der Waals surface area contributed by atoms with Crippen molar-refractivity contribution in [1.82, 2.24) is 39.6 Å². The molecular weight excluding hydrogens is 1370 g/mol. The van der Waals surface area contributed by atoms with Crippen molar-refractivity contribution in [2.75, 3.05) is 42.6 Å². The first-order chi connectivity index (χ1) is 52.0. The van der Waals surface area contributed by atoms with E-state index in [4.69, 9.17) is 29.9 Å². The highest BCUT2D eigenvalue weighted by atomic mass is 19.2. The van der Waals surface area contributed by atoms with Crippen molar-refractivity contribution >= 4 is 129 Å². The third kappa shape index (κ3) is 12.6. The minimum absolute atomic E-state index is 0.0516. The Morgan fingerprint density at radius 1 is 0.299 bits per heavy atom. The average molecular weight is 1430 g/mol. The SMILES string of the molecule is Cc1ccc(Nc2c(Nc3ccc(F)cc3)c(Nc3ccccc3)c3c4nc5nc(nc6c7ccccc7c(nc7nc(nc([nH]4)c3c2Nc2ccc(C)cc2)-c2ccccc2-7)n6Nc2ccc(C)cc2)-c2cc(Nc3cc(F)c(F)c(F)c3F)c(Nc3ccc(F)cc3F)c(Nc3ccc(F)cc3)c2-5)cc1. The van der Waals surface area contributed by atoms with Gasteiger partial charge in [-0.25, -0.2) is 69.7 Å². The molecule has 12 aromatic carbocycles. The van der Waals surface area contributed by atoms with Crippen LogP contribution >= 0.6 is 0 Å². The van der Waals surface area contributed by atoms with Crippen LogP contribution in [0.2, 0.25) is 0 Å². The summed E-state index contributed by atoms with van der Waals surface area (Å²) in [4.78, 5) is 36.6. The summed E-state index contributed by atoms with van der Waals surface area (Å²) in [5, 5.41) is 26.0. The number of halogens is 8. The van der Waals surface area contributed by atoms with E-state index in [0.717, 1.165) is 28.8 Å². The molecule has 0 aliphatic carbocycles. The number of aromatic nitrogens is 8. The van der Waals surface area contributed by atoms with Gasteiger partial charge in [-0.15, -0.1) is 0 Å². The molecule has 8 bridgehead atoms. The lowest BCUT2D eigenvalue weighted by Crippen LogP contribution is -2.10. The predicted octanol–water partition coefficient (Wildman–Crippen LogP) is 22.5. The van der Waals surface area contributed by atoms with E-state index in [0.29, 0.717) is 102 Å². The molecule has 0 radical (unpaired) electrons. The van der Waals surface area contributed by atoms with Crippen molar-refractivity contribution in [3.8, 4) is 45.6 Å². The van der Waals surface area contributed by atoms with Gasteiger partial charge in [0.1, 0.15) is 34.6 Å². The second kappa shape index (κ2) is 26.9. The fraction of sp³-hybridized carbons (Fsp3) is 0.0361. The maximum absolute atomic E-state index is 16.6. The first kappa shape index (κ1) is 66.1. The highest BCUT2D eigenvalue weighted by molar-refractivity contribution is 6.26.